The molecule has 1 N–H and O–H groups in total. The Balaban J connectivity index is 1.68. The Hall–Kier alpha value is -0.340. The van der Waals surface area contributed by atoms with Crippen LogP contribution in [-0.4, -0.2) is 37.6 Å². The molecule has 2 aliphatic rings. The minimum absolute atomic E-state index is 1.13. The summed E-state index contributed by atoms with van der Waals surface area (Å²) >= 11 is 0. The van der Waals surface area contributed by atoms with Crippen LogP contribution in [0, 0.1) is 0 Å². The Morgan fingerprint density at radius 2 is 2.15 bits per heavy atom. The fourth-order valence-electron chi connectivity index (χ4n) is 2.20. The molecule has 0 unspecified atom stereocenters. The van der Waals surface area contributed by atoms with Gasteiger partial charge in [0, 0.05) is 13.1 Å². The molecule has 0 aliphatic carbocycles. The van der Waals surface area contributed by atoms with Gasteiger partial charge < -0.3 is 10.2 Å². The van der Waals surface area contributed by atoms with E-state index in [0.717, 1.165) is 6.54 Å². The number of rotatable bonds is 3. The molecule has 2 rings (SSSR count). The van der Waals surface area contributed by atoms with Crippen molar-refractivity contribution in [2.45, 2.75) is 25.7 Å². The van der Waals surface area contributed by atoms with E-state index in [1.54, 1.807) is 5.57 Å². The van der Waals surface area contributed by atoms with Crippen molar-refractivity contribution in [2.24, 2.45) is 0 Å². The predicted octanol–water partition coefficient (Wildman–Crippen LogP) is 1.39. The molecular formula is C11H20N2. The van der Waals surface area contributed by atoms with Crippen molar-refractivity contribution in [3.8, 4) is 0 Å². The molecule has 0 amide bonds. The topological polar surface area (TPSA) is 15.3 Å². The van der Waals surface area contributed by atoms with Crippen LogP contribution in [0.4, 0.5) is 0 Å². The Bertz CT molecular complexity index is 181. The lowest BCUT2D eigenvalue weighted by atomic mass is 10.1. The Labute approximate surface area is 81.0 Å². The summed E-state index contributed by atoms with van der Waals surface area (Å²) < 4.78 is 0. The summed E-state index contributed by atoms with van der Waals surface area (Å²) in [5.41, 5.74) is 1.62. The molecule has 0 atom stereocenters. The van der Waals surface area contributed by atoms with Gasteiger partial charge in [0.25, 0.3) is 0 Å². The third-order valence-corrected chi connectivity index (χ3v) is 3.05. The van der Waals surface area contributed by atoms with Gasteiger partial charge in [-0.15, -0.1) is 0 Å². The largest absolute Gasteiger partial charge is 0.313 e. The minimum atomic E-state index is 1.13. The minimum Gasteiger partial charge on any atom is -0.313 e. The second kappa shape index (κ2) is 4.77. The third kappa shape index (κ3) is 2.82. The summed E-state index contributed by atoms with van der Waals surface area (Å²) in [5, 5.41) is 3.42. The number of hydrogen-bond acceptors (Lipinski definition) is 2. The van der Waals surface area contributed by atoms with Crippen molar-refractivity contribution in [3.63, 3.8) is 0 Å². The molecule has 0 aromatic heterocycles. The van der Waals surface area contributed by atoms with Crippen LogP contribution in [0.25, 0.3) is 0 Å². The lowest BCUT2D eigenvalue weighted by Crippen LogP contribution is -2.26. The van der Waals surface area contributed by atoms with E-state index < -0.39 is 0 Å². The number of nitrogens with one attached hydrogen (secondary N) is 1. The molecule has 0 spiro atoms. The maximum atomic E-state index is 3.42. The van der Waals surface area contributed by atoms with Crippen LogP contribution < -0.4 is 5.32 Å². The van der Waals surface area contributed by atoms with E-state index in [4.69, 9.17) is 0 Å². The molecule has 0 aromatic rings. The fraction of sp³-hybridized carbons (Fsp3) is 0.818. The van der Waals surface area contributed by atoms with E-state index in [2.05, 4.69) is 16.3 Å². The Kier molecular flexibility index (Phi) is 3.39. The van der Waals surface area contributed by atoms with Crippen LogP contribution in [0.3, 0.4) is 0 Å². The highest BCUT2D eigenvalue weighted by atomic mass is 15.1. The zero-order valence-electron chi connectivity index (χ0n) is 8.39. The normalized spacial score (nSPS) is 24.8. The lowest BCUT2D eigenvalue weighted by molar-refractivity contribution is 0.341. The van der Waals surface area contributed by atoms with E-state index in [0.29, 0.717) is 0 Å². The third-order valence-electron chi connectivity index (χ3n) is 3.05. The highest BCUT2D eigenvalue weighted by molar-refractivity contribution is 5.07. The summed E-state index contributed by atoms with van der Waals surface area (Å²) in [7, 11) is 0. The van der Waals surface area contributed by atoms with Gasteiger partial charge in [-0.1, -0.05) is 11.6 Å². The SMILES string of the molecule is C1=C(CCN2CCCC2)CNCC1. The van der Waals surface area contributed by atoms with E-state index in [9.17, 15) is 0 Å². The van der Waals surface area contributed by atoms with Crippen molar-refractivity contribution in [3.05, 3.63) is 11.6 Å². The molecule has 0 bridgehead atoms. The first-order valence-corrected chi connectivity index (χ1v) is 5.56. The van der Waals surface area contributed by atoms with Crippen molar-refractivity contribution in [1.82, 2.24) is 10.2 Å². The summed E-state index contributed by atoms with van der Waals surface area (Å²) in [5.74, 6) is 0. The number of likely N-dealkylation sites (tertiary alicyclic amines) is 1. The summed E-state index contributed by atoms with van der Waals surface area (Å²) in [4.78, 5) is 2.59. The standard InChI is InChI=1S/C11H20N2/c1-2-8-13(7-1)9-5-11-4-3-6-12-10-11/h4,12H,1-3,5-10H2. The average molecular weight is 180 g/mol. The Morgan fingerprint density at radius 1 is 1.31 bits per heavy atom. The monoisotopic (exact) mass is 180 g/mol. The predicted molar refractivity (Wildman–Crippen MR) is 55.9 cm³/mol. The van der Waals surface area contributed by atoms with Gasteiger partial charge in [-0.3, -0.25) is 0 Å². The smallest absolute Gasteiger partial charge is 0.0165 e. The molecule has 0 radical (unpaired) electrons. The molecular weight excluding hydrogens is 160 g/mol. The average Bonchev–Trinajstić information content (AvgIpc) is 2.69. The van der Waals surface area contributed by atoms with Crippen molar-refractivity contribution in [1.29, 1.82) is 0 Å². The first kappa shape index (κ1) is 9.22. The second-order valence-corrected chi connectivity index (χ2v) is 4.13. The van der Waals surface area contributed by atoms with Gasteiger partial charge in [-0.2, -0.15) is 0 Å². The Morgan fingerprint density at radius 3 is 2.85 bits per heavy atom. The molecule has 2 nitrogen and oxygen atoms in total. The molecule has 74 valence electrons. The van der Waals surface area contributed by atoms with Gasteiger partial charge in [0.15, 0.2) is 0 Å². The second-order valence-electron chi connectivity index (χ2n) is 4.13. The summed E-state index contributed by atoms with van der Waals surface area (Å²) in [6.07, 6.45) is 7.77. The number of nitrogens with zero attached hydrogens (tertiary/aromatic N) is 1. The van der Waals surface area contributed by atoms with Crippen LogP contribution in [0.15, 0.2) is 11.6 Å². The maximum absolute atomic E-state index is 3.42. The van der Waals surface area contributed by atoms with Crippen molar-refractivity contribution < 1.29 is 0 Å². The molecule has 2 heteroatoms. The molecule has 1 saturated heterocycles. The fourth-order valence-corrected chi connectivity index (χ4v) is 2.20. The molecule has 0 saturated carbocycles. The van der Waals surface area contributed by atoms with Crippen molar-refractivity contribution >= 4 is 0 Å². The van der Waals surface area contributed by atoms with Gasteiger partial charge >= 0.3 is 0 Å². The molecule has 1 fully saturated rings. The van der Waals surface area contributed by atoms with E-state index in [1.807, 2.05) is 0 Å². The summed E-state index contributed by atoms with van der Waals surface area (Å²) in [6.45, 7) is 6.26. The number of hydrogen-bond donors (Lipinski definition) is 1. The van der Waals surface area contributed by atoms with Gasteiger partial charge in [0.1, 0.15) is 0 Å². The van der Waals surface area contributed by atoms with Crippen LogP contribution in [0.5, 0.6) is 0 Å². The first-order valence-electron chi connectivity index (χ1n) is 5.56. The highest BCUT2D eigenvalue weighted by Crippen LogP contribution is 2.11. The van der Waals surface area contributed by atoms with Crippen LogP contribution in [0.2, 0.25) is 0 Å². The molecule has 13 heavy (non-hydrogen) atoms. The van der Waals surface area contributed by atoms with Gasteiger partial charge in [0.05, 0.1) is 0 Å². The highest BCUT2D eigenvalue weighted by Gasteiger charge is 2.11. The maximum Gasteiger partial charge on any atom is 0.0165 e. The molecule has 2 aliphatic heterocycles. The summed E-state index contributed by atoms with van der Waals surface area (Å²) in [6, 6.07) is 0. The van der Waals surface area contributed by atoms with Crippen LogP contribution in [-0.2, 0) is 0 Å². The zero-order valence-corrected chi connectivity index (χ0v) is 8.39. The van der Waals surface area contributed by atoms with E-state index in [-0.39, 0.29) is 0 Å². The van der Waals surface area contributed by atoms with Crippen molar-refractivity contribution in [2.75, 3.05) is 32.7 Å². The van der Waals surface area contributed by atoms with Gasteiger partial charge in [-0.25, -0.2) is 0 Å². The quantitative estimate of drug-likeness (QED) is 0.660. The van der Waals surface area contributed by atoms with E-state index in [1.165, 1.54) is 51.9 Å². The zero-order chi connectivity index (χ0) is 8.93. The molecule has 0 aromatic carbocycles. The van der Waals surface area contributed by atoms with Crippen LogP contribution >= 0.6 is 0 Å². The first-order chi connectivity index (χ1) is 6.45. The van der Waals surface area contributed by atoms with Crippen LogP contribution in [0.1, 0.15) is 25.7 Å². The van der Waals surface area contributed by atoms with Gasteiger partial charge in [-0.05, 0) is 45.3 Å². The van der Waals surface area contributed by atoms with E-state index >= 15 is 0 Å². The molecule has 2 heterocycles. The van der Waals surface area contributed by atoms with Gasteiger partial charge in [0.2, 0.25) is 0 Å². The lowest BCUT2D eigenvalue weighted by Gasteiger charge is -2.18.